The van der Waals surface area contributed by atoms with Crippen LogP contribution in [-0.4, -0.2) is 46.6 Å². The van der Waals surface area contributed by atoms with Crippen molar-refractivity contribution in [1.29, 1.82) is 0 Å². The molecule has 0 bridgehead atoms. The maximum absolute atomic E-state index is 12.3. The van der Waals surface area contributed by atoms with Gasteiger partial charge in [-0.2, -0.15) is 0 Å². The summed E-state index contributed by atoms with van der Waals surface area (Å²) in [6.07, 6.45) is 0. The lowest BCUT2D eigenvalue weighted by Crippen LogP contribution is -2.22. The minimum atomic E-state index is -0.213. The fraction of sp³-hybridized carbons (Fsp3) is 0.353. The van der Waals surface area contributed by atoms with Crippen molar-refractivity contribution in [2.75, 3.05) is 25.6 Å². The highest BCUT2D eigenvalue weighted by atomic mass is 32.2. The Balaban J connectivity index is 1.45. The standard InChI is InChI=1S/C17H20N6O2S3/c1-11-3-5-12(6-4-11)9-19-14(24)15-21-20-13(27-15)10-26-17-23-22-16(28-17)18-7-8-25-2/h3-6H,7-10H2,1-2H3,(H,18,22)(H,19,24). The van der Waals surface area contributed by atoms with E-state index < -0.39 is 0 Å². The maximum Gasteiger partial charge on any atom is 0.282 e. The molecule has 11 heteroatoms. The Hall–Kier alpha value is -2.08. The lowest BCUT2D eigenvalue weighted by molar-refractivity contribution is 0.0950. The Labute approximate surface area is 175 Å². The first-order valence-corrected chi connectivity index (χ1v) is 11.1. The molecule has 0 unspecified atom stereocenters. The van der Waals surface area contributed by atoms with E-state index in [0.717, 1.165) is 20.0 Å². The Bertz CT molecular complexity index is 896. The summed E-state index contributed by atoms with van der Waals surface area (Å²) < 4.78 is 5.82. The molecular formula is C17H20N6O2S3. The largest absolute Gasteiger partial charge is 0.383 e. The van der Waals surface area contributed by atoms with Gasteiger partial charge >= 0.3 is 0 Å². The lowest BCUT2D eigenvalue weighted by Gasteiger charge is -2.03. The number of aryl methyl sites for hydroxylation is 1. The summed E-state index contributed by atoms with van der Waals surface area (Å²) in [7, 11) is 1.65. The van der Waals surface area contributed by atoms with Crippen LogP contribution < -0.4 is 10.6 Å². The molecule has 2 N–H and O–H groups in total. The molecule has 0 radical (unpaired) electrons. The highest BCUT2D eigenvalue weighted by Gasteiger charge is 2.14. The van der Waals surface area contributed by atoms with E-state index in [4.69, 9.17) is 4.74 Å². The van der Waals surface area contributed by atoms with Gasteiger partial charge in [-0.3, -0.25) is 4.79 Å². The van der Waals surface area contributed by atoms with Gasteiger partial charge in [-0.1, -0.05) is 64.3 Å². The number of methoxy groups -OCH3 is 1. The minimum absolute atomic E-state index is 0.213. The van der Waals surface area contributed by atoms with E-state index in [1.54, 1.807) is 7.11 Å². The molecule has 148 valence electrons. The average Bonchev–Trinajstić information content (AvgIpc) is 3.35. The smallest absolute Gasteiger partial charge is 0.282 e. The van der Waals surface area contributed by atoms with Crippen LogP contribution in [0.1, 0.15) is 25.9 Å². The van der Waals surface area contributed by atoms with Crippen LogP contribution in [0.4, 0.5) is 5.13 Å². The highest BCUT2D eigenvalue weighted by Crippen LogP contribution is 2.29. The number of benzene rings is 1. The van der Waals surface area contributed by atoms with E-state index >= 15 is 0 Å². The summed E-state index contributed by atoms with van der Waals surface area (Å²) in [6, 6.07) is 8.04. The van der Waals surface area contributed by atoms with Crippen LogP contribution in [0.25, 0.3) is 0 Å². The number of hydrogen-bond donors (Lipinski definition) is 2. The van der Waals surface area contributed by atoms with Crippen LogP contribution in [0.2, 0.25) is 0 Å². The van der Waals surface area contributed by atoms with Gasteiger partial charge in [0, 0.05) is 20.2 Å². The first-order valence-electron chi connectivity index (χ1n) is 8.49. The van der Waals surface area contributed by atoms with Crippen LogP contribution in [-0.2, 0) is 17.0 Å². The minimum Gasteiger partial charge on any atom is -0.383 e. The molecule has 0 aliphatic rings. The zero-order valence-corrected chi connectivity index (χ0v) is 17.9. The van der Waals surface area contributed by atoms with Gasteiger partial charge in [0.25, 0.3) is 5.91 Å². The second-order valence-electron chi connectivity index (χ2n) is 5.75. The first-order chi connectivity index (χ1) is 13.6. The number of thioether (sulfide) groups is 1. The summed E-state index contributed by atoms with van der Waals surface area (Å²) in [4.78, 5) is 12.3. The van der Waals surface area contributed by atoms with Crippen LogP contribution in [0.5, 0.6) is 0 Å². The Morgan fingerprint density at radius 1 is 1.14 bits per heavy atom. The molecule has 0 saturated heterocycles. The van der Waals surface area contributed by atoms with Crippen LogP contribution in [0, 0.1) is 6.92 Å². The molecule has 0 saturated carbocycles. The van der Waals surface area contributed by atoms with Gasteiger partial charge in [-0.15, -0.1) is 20.4 Å². The molecule has 0 aliphatic carbocycles. The van der Waals surface area contributed by atoms with Crippen molar-refractivity contribution in [3.63, 3.8) is 0 Å². The van der Waals surface area contributed by atoms with Crippen molar-refractivity contribution in [3.05, 3.63) is 45.4 Å². The van der Waals surface area contributed by atoms with Gasteiger partial charge in [0.15, 0.2) is 4.34 Å². The third-order valence-electron chi connectivity index (χ3n) is 3.54. The first kappa shape index (κ1) is 20.6. The molecule has 1 aromatic carbocycles. The van der Waals surface area contributed by atoms with Gasteiger partial charge < -0.3 is 15.4 Å². The SMILES string of the molecule is COCCNc1nnc(SCc2nnc(C(=O)NCc3ccc(C)cc3)s2)s1. The normalized spacial score (nSPS) is 10.8. The number of nitrogens with zero attached hydrogens (tertiary/aromatic N) is 4. The monoisotopic (exact) mass is 436 g/mol. The van der Waals surface area contributed by atoms with Gasteiger partial charge in [0.05, 0.1) is 12.4 Å². The van der Waals surface area contributed by atoms with Gasteiger partial charge in [0.2, 0.25) is 10.1 Å². The number of carbonyl (C=O) groups excluding carboxylic acids is 1. The molecule has 3 rings (SSSR count). The van der Waals surface area contributed by atoms with E-state index in [2.05, 4.69) is 31.0 Å². The molecule has 0 atom stereocenters. The quantitative estimate of drug-likeness (QED) is 0.369. The summed E-state index contributed by atoms with van der Waals surface area (Å²) in [5, 5.41) is 24.2. The zero-order valence-electron chi connectivity index (χ0n) is 15.5. The summed E-state index contributed by atoms with van der Waals surface area (Å²) in [6.45, 7) is 3.80. The summed E-state index contributed by atoms with van der Waals surface area (Å²) in [5.41, 5.74) is 2.24. The van der Waals surface area contributed by atoms with Crippen LogP contribution >= 0.6 is 34.4 Å². The van der Waals surface area contributed by atoms with Crippen molar-refractivity contribution in [1.82, 2.24) is 25.7 Å². The Morgan fingerprint density at radius 3 is 2.75 bits per heavy atom. The van der Waals surface area contributed by atoms with Crippen molar-refractivity contribution < 1.29 is 9.53 Å². The number of nitrogens with one attached hydrogen (secondary N) is 2. The fourth-order valence-corrected chi connectivity index (χ4v) is 4.61. The van der Waals surface area contributed by atoms with Gasteiger partial charge in [-0.25, -0.2) is 0 Å². The zero-order chi connectivity index (χ0) is 19.8. The number of ether oxygens (including phenoxy) is 1. The summed E-state index contributed by atoms with van der Waals surface area (Å²) in [5.74, 6) is 0.380. The van der Waals surface area contributed by atoms with E-state index in [1.165, 1.54) is 40.0 Å². The molecule has 0 fully saturated rings. The van der Waals surface area contributed by atoms with Crippen molar-refractivity contribution in [3.8, 4) is 0 Å². The number of aromatic nitrogens is 4. The second-order valence-corrected chi connectivity index (χ2v) is 9.01. The topological polar surface area (TPSA) is 102 Å². The molecule has 2 aromatic heterocycles. The van der Waals surface area contributed by atoms with Crippen LogP contribution in [0.3, 0.4) is 0 Å². The van der Waals surface area contributed by atoms with Crippen molar-refractivity contribution in [2.24, 2.45) is 0 Å². The predicted molar refractivity (Wildman–Crippen MR) is 112 cm³/mol. The van der Waals surface area contributed by atoms with Gasteiger partial charge in [-0.05, 0) is 12.5 Å². The number of amides is 1. The highest BCUT2D eigenvalue weighted by molar-refractivity contribution is 8.00. The van der Waals surface area contributed by atoms with Gasteiger partial charge in [0.1, 0.15) is 5.01 Å². The van der Waals surface area contributed by atoms with E-state index in [1.807, 2.05) is 31.2 Å². The average molecular weight is 437 g/mol. The Kier molecular flexibility index (Phi) is 7.71. The second kappa shape index (κ2) is 10.5. The molecule has 1 amide bonds. The molecule has 3 aromatic rings. The number of rotatable bonds is 10. The van der Waals surface area contributed by atoms with E-state index in [9.17, 15) is 4.79 Å². The molecule has 2 heterocycles. The fourth-order valence-electron chi connectivity index (χ4n) is 2.09. The summed E-state index contributed by atoms with van der Waals surface area (Å²) >= 11 is 4.28. The third kappa shape index (κ3) is 6.23. The molecule has 8 nitrogen and oxygen atoms in total. The molecule has 28 heavy (non-hydrogen) atoms. The molecular weight excluding hydrogens is 416 g/mol. The number of hydrogen-bond acceptors (Lipinski definition) is 10. The number of anilines is 1. The van der Waals surface area contributed by atoms with Crippen LogP contribution in [0.15, 0.2) is 28.6 Å². The van der Waals surface area contributed by atoms with E-state index in [0.29, 0.717) is 30.5 Å². The molecule has 0 aliphatic heterocycles. The Morgan fingerprint density at radius 2 is 1.96 bits per heavy atom. The van der Waals surface area contributed by atoms with E-state index in [-0.39, 0.29) is 5.91 Å². The number of carbonyl (C=O) groups is 1. The maximum atomic E-state index is 12.3. The molecule has 0 spiro atoms. The lowest BCUT2D eigenvalue weighted by atomic mass is 10.1. The van der Waals surface area contributed by atoms with Crippen molar-refractivity contribution >= 4 is 45.5 Å². The van der Waals surface area contributed by atoms with Crippen molar-refractivity contribution in [2.45, 2.75) is 23.6 Å². The third-order valence-corrected chi connectivity index (χ3v) is 6.67. The predicted octanol–water partition coefficient (Wildman–Crippen LogP) is 2.98.